The summed E-state index contributed by atoms with van der Waals surface area (Å²) >= 11 is 0. The van der Waals surface area contributed by atoms with Crippen LogP contribution in [0.25, 0.3) is 0 Å². The van der Waals surface area contributed by atoms with E-state index in [0.717, 1.165) is 0 Å². The zero-order valence-corrected chi connectivity index (χ0v) is 13.6. The summed E-state index contributed by atoms with van der Waals surface area (Å²) in [6.45, 7) is 2.28. The number of unbranched alkanes of at least 4 members (excludes halogenated alkanes) is 12. The van der Waals surface area contributed by atoms with Gasteiger partial charge in [0.15, 0.2) is 0 Å². The highest BCUT2D eigenvalue weighted by atomic mass is 16.5. The van der Waals surface area contributed by atoms with Crippen molar-refractivity contribution in [3.8, 4) is 0 Å². The van der Waals surface area contributed by atoms with Gasteiger partial charge in [0, 0.05) is 0 Å². The Morgan fingerprint density at radius 1 is 0.700 bits per heavy atom. The van der Waals surface area contributed by atoms with Crippen LogP contribution in [-0.2, 0) is 4.74 Å². The lowest BCUT2D eigenvalue weighted by atomic mass is 10.0. The predicted octanol–water partition coefficient (Wildman–Crippen LogP) is 6.96. The molecule has 0 bridgehead atoms. The quantitative estimate of drug-likeness (QED) is 0.179. The zero-order chi connectivity index (χ0) is 14.7. The van der Waals surface area contributed by atoms with Gasteiger partial charge in [-0.3, -0.25) is 0 Å². The van der Waals surface area contributed by atoms with E-state index in [2.05, 4.69) is 24.8 Å². The lowest BCUT2D eigenvalue weighted by molar-refractivity contribution is 0.394. The van der Waals surface area contributed by atoms with Gasteiger partial charge < -0.3 is 4.74 Å². The second-order valence-corrected chi connectivity index (χ2v) is 5.60. The van der Waals surface area contributed by atoms with Gasteiger partial charge >= 0.3 is 0 Å². The van der Waals surface area contributed by atoms with Gasteiger partial charge in [-0.05, 0) is 18.9 Å². The molecule has 0 spiro atoms. The molecule has 0 aromatic rings. The van der Waals surface area contributed by atoms with Crippen molar-refractivity contribution >= 4 is 0 Å². The molecule has 0 atom stereocenters. The highest BCUT2D eigenvalue weighted by molar-refractivity contribution is 4.99. The zero-order valence-electron chi connectivity index (χ0n) is 13.6. The van der Waals surface area contributed by atoms with E-state index >= 15 is 0 Å². The van der Waals surface area contributed by atoms with Crippen LogP contribution in [0.4, 0.5) is 0 Å². The van der Waals surface area contributed by atoms with Gasteiger partial charge in [-0.1, -0.05) is 89.7 Å². The minimum absolute atomic E-state index is 1.18. The second kappa shape index (κ2) is 18.3. The molecule has 1 radical (unpaired) electrons. The molecule has 20 heavy (non-hydrogen) atoms. The Morgan fingerprint density at radius 3 is 1.70 bits per heavy atom. The summed E-state index contributed by atoms with van der Waals surface area (Å²) in [6, 6.07) is 0. The Morgan fingerprint density at radius 2 is 1.20 bits per heavy atom. The third-order valence-electron chi connectivity index (χ3n) is 3.65. The Bertz CT molecular complexity index is 218. The van der Waals surface area contributed by atoms with Crippen LogP contribution in [0.1, 0.15) is 90.4 Å². The molecule has 117 valence electrons. The van der Waals surface area contributed by atoms with Crippen LogP contribution >= 0.6 is 0 Å². The van der Waals surface area contributed by atoms with E-state index in [1.54, 1.807) is 6.26 Å². The fourth-order valence-electron chi connectivity index (χ4n) is 2.38. The summed E-state index contributed by atoms with van der Waals surface area (Å²) in [4.78, 5) is 0. The van der Waals surface area contributed by atoms with E-state index in [0.29, 0.717) is 0 Å². The molecule has 0 saturated carbocycles. The van der Waals surface area contributed by atoms with Crippen LogP contribution in [0.5, 0.6) is 0 Å². The molecule has 0 fully saturated rings. The van der Waals surface area contributed by atoms with Gasteiger partial charge in [-0.2, -0.15) is 0 Å². The van der Waals surface area contributed by atoms with Crippen LogP contribution < -0.4 is 0 Å². The van der Waals surface area contributed by atoms with Gasteiger partial charge in [-0.25, -0.2) is 0 Å². The van der Waals surface area contributed by atoms with Crippen molar-refractivity contribution in [2.75, 3.05) is 0 Å². The van der Waals surface area contributed by atoms with E-state index in [-0.39, 0.29) is 0 Å². The van der Waals surface area contributed by atoms with E-state index in [1.165, 1.54) is 83.5 Å². The molecule has 0 aromatic heterocycles. The molecule has 1 heteroatoms. The van der Waals surface area contributed by atoms with Crippen LogP contribution in [0.2, 0.25) is 0 Å². The Kier molecular flexibility index (Phi) is 17.6. The number of allylic oxidation sites excluding steroid dienone is 3. The molecule has 0 unspecified atom stereocenters. The van der Waals surface area contributed by atoms with Gasteiger partial charge in [0.2, 0.25) is 0 Å². The number of ether oxygens (including phenoxy) is 1. The molecular weight excluding hydrogens is 244 g/mol. The maximum Gasteiger partial charge on any atom is 0.121 e. The van der Waals surface area contributed by atoms with Gasteiger partial charge in [0.25, 0.3) is 0 Å². The molecule has 0 aliphatic rings. The van der Waals surface area contributed by atoms with E-state index in [9.17, 15) is 0 Å². The molecule has 0 heterocycles. The number of hydrogen-bond donors (Lipinski definition) is 0. The van der Waals surface area contributed by atoms with Gasteiger partial charge in [0.1, 0.15) is 7.11 Å². The first-order chi connectivity index (χ1) is 9.91. The molecule has 1 nitrogen and oxygen atoms in total. The SMILES string of the molecule is [CH2]O/C=C/C=C/CCCCCCCCCCCCCC. The molecule has 0 amide bonds. The van der Waals surface area contributed by atoms with Crippen LogP contribution in [0.3, 0.4) is 0 Å². The maximum absolute atomic E-state index is 4.58. The van der Waals surface area contributed by atoms with E-state index in [1.807, 2.05) is 12.2 Å². The van der Waals surface area contributed by atoms with Crippen molar-refractivity contribution in [3.63, 3.8) is 0 Å². The lowest BCUT2D eigenvalue weighted by Gasteiger charge is -2.02. The standard InChI is InChI=1S/C19H35O/c1-3-4-5-6-7-8-9-10-11-12-13-14-15-16-17-18-19-20-2/h16-19H,2-15H2,1H3/b17-16+,19-18+. The molecule has 0 rings (SSSR count). The summed E-state index contributed by atoms with van der Waals surface area (Å²) in [6.07, 6.45) is 25.9. The fraction of sp³-hybridized carbons (Fsp3) is 0.737. The minimum Gasteiger partial charge on any atom is -0.498 e. The Balaban J connectivity index is 3.02. The maximum atomic E-state index is 4.58. The minimum atomic E-state index is 1.18. The smallest absolute Gasteiger partial charge is 0.121 e. The lowest BCUT2D eigenvalue weighted by Crippen LogP contribution is -1.82. The fourth-order valence-corrected chi connectivity index (χ4v) is 2.38. The summed E-state index contributed by atoms with van der Waals surface area (Å²) in [5.74, 6) is 0. The largest absolute Gasteiger partial charge is 0.498 e. The Hall–Kier alpha value is -0.720. The van der Waals surface area contributed by atoms with Crippen molar-refractivity contribution in [1.29, 1.82) is 0 Å². The molecule has 0 aliphatic heterocycles. The normalized spacial score (nSPS) is 11.7. The predicted molar refractivity (Wildman–Crippen MR) is 90.4 cm³/mol. The van der Waals surface area contributed by atoms with Gasteiger partial charge in [-0.15, -0.1) is 0 Å². The van der Waals surface area contributed by atoms with Crippen molar-refractivity contribution in [3.05, 3.63) is 31.6 Å². The summed E-state index contributed by atoms with van der Waals surface area (Å²) < 4.78 is 4.58. The van der Waals surface area contributed by atoms with Gasteiger partial charge in [0.05, 0.1) is 6.26 Å². The van der Waals surface area contributed by atoms with Crippen LogP contribution in [0.15, 0.2) is 24.5 Å². The first-order valence-corrected chi connectivity index (χ1v) is 8.64. The summed E-state index contributed by atoms with van der Waals surface area (Å²) in [5, 5.41) is 0. The van der Waals surface area contributed by atoms with Crippen molar-refractivity contribution < 1.29 is 4.74 Å². The first kappa shape index (κ1) is 19.3. The second-order valence-electron chi connectivity index (χ2n) is 5.60. The molecule has 0 aromatic carbocycles. The van der Waals surface area contributed by atoms with Crippen LogP contribution in [0, 0.1) is 7.11 Å². The van der Waals surface area contributed by atoms with Crippen molar-refractivity contribution in [1.82, 2.24) is 0 Å². The van der Waals surface area contributed by atoms with Crippen LogP contribution in [-0.4, -0.2) is 0 Å². The summed E-state index contributed by atoms with van der Waals surface area (Å²) in [7, 11) is 3.27. The molecular formula is C19H35O. The highest BCUT2D eigenvalue weighted by Gasteiger charge is 1.92. The van der Waals surface area contributed by atoms with Crippen molar-refractivity contribution in [2.45, 2.75) is 90.4 Å². The van der Waals surface area contributed by atoms with E-state index < -0.39 is 0 Å². The molecule has 0 saturated heterocycles. The van der Waals surface area contributed by atoms with E-state index in [4.69, 9.17) is 0 Å². The monoisotopic (exact) mass is 279 g/mol. The average Bonchev–Trinajstić information content (AvgIpc) is 2.47. The molecule has 0 N–H and O–H groups in total. The Labute approximate surface area is 127 Å². The third-order valence-corrected chi connectivity index (χ3v) is 3.65. The third kappa shape index (κ3) is 17.3. The summed E-state index contributed by atoms with van der Waals surface area (Å²) in [5.41, 5.74) is 0. The first-order valence-electron chi connectivity index (χ1n) is 8.64. The highest BCUT2D eigenvalue weighted by Crippen LogP contribution is 2.12. The number of rotatable bonds is 15. The molecule has 0 aliphatic carbocycles. The average molecular weight is 279 g/mol. The topological polar surface area (TPSA) is 9.23 Å². The van der Waals surface area contributed by atoms with Crippen molar-refractivity contribution in [2.24, 2.45) is 0 Å². The number of hydrogen-bond acceptors (Lipinski definition) is 1.